The summed E-state index contributed by atoms with van der Waals surface area (Å²) in [5.74, 6) is 0.553. The monoisotopic (exact) mass is 324 g/mol. The van der Waals surface area contributed by atoms with Crippen molar-refractivity contribution in [3.05, 3.63) is 44.7 Å². The molecule has 0 atom stereocenters. The van der Waals surface area contributed by atoms with E-state index >= 15 is 0 Å². The Bertz CT molecular complexity index is 648. The molecule has 2 rings (SSSR count). The van der Waals surface area contributed by atoms with Gasteiger partial charge in [0.25, 0.3) is 0 Å². The van der Waals surface area contributed by atoms with E-state index in [0.717, 1.165) is 0 Å². The van der Waals surface area contributed by atoms with Gasteiger partial charge in [-0.25, -0.2) is 9.97 Å². The number of hydrogen-bond acceptors (Lipinski definition) is 6. The molecule has 1 aromatic heterocycles. The van der Waals surface area contributed by atoms with Crippen molar-refractivity contribution in [3.8, 4) is 11.6 Å². The molecule has 1 heterocycles. The van der Waals surface area contributed by atoms with Crippen LogP contribution < -0.4 is 10.5 Å². The molecule has 0 aliphatic heterocycles. The number of ether oxygens (including phenoxy) is 1. The summed E-state index contributed by atoms with van der Waals surface area (Å²) in [6.45, 7) is 1.68. The van der Waals surface area contributed by atoms with Crippen LogP contribution in [-0.2, 0) is 0 Å². The number of nitro groups is 1. The summed E-state index contributed by atoms with van der Waals surface area (Å²) < 4.78 is 6.03. The molecule has 0 spiro atoms. The molecule has 2 N–H and O–H groups in total. The second-order valence-corrected chi connectivity index (χ2v) is 4.58. The average molecular weight is 325 g/mol. The molecule has 0 fully saturated rings. The van der Waals surface area contributed by atoms with E-state index in [4.69, 9.17) is 10.5 Å². The van der Waals surface area contributed by atoms with Gasteiger partial charge in [0.1, 0.15) is 12.1 Å². The Balaban J connectivity index is 2.44. The van der Waals surface area contributed by atoms with Crippen molar-refractivity contribution in [3.63, 3.8) is 0 Å². The molecule has 0 unspecified atom stereocenters. The topological polar surface area (TPSA) is 104 Å². The van der Waals surface area contributed by atoms with Gasteiger partial charge in [-0.15, -0.1) is 0 Å². The Kier molecular flexibility index (Phi) is 3.61. The lowest BCUT2D eigenvalue weighted by Crippen LogP contribution is -2.00. The molecule has 0 aliphatic carbocycles. The largest absolute Gasteiger partial charge is 0.431 e. The first-order valence-corrected chi connectivity index (χ1v) is 5.97. The number of nitrogens with zero attached hydrogens (tertiary/aromatic N) is 3. The van der Waals surface area contributed by atoms with Crippen LogP contribution in [0.1, 0.15) is 5.56 Å². The number of nitrogens with two attached hydrogens (primary N) is 1. The van der Waals surface area contributed by atoms with Gasteiger partial charge in [-0.2, -0.15) is 0 Å². The molecule has 0 saturated heterocycles. The van der Waals surface area contributed by atoms with Crippen molar-refractivity contribution in [2.75, 3.05) is 5.73 Å². The normalized spacial score (nSPS) is 10.2. The van der Waals surface area contributed by atoms with Crippen LogP contribution >= 0.6 is 15.9 Å². The second kappa shape index (κ2) is 5.19. The SMILES string of the molecule is Cc1c(N)ncnc1Oc1ccc(Br)cc1[N+](=O)[O-]. The molecule has 98 valence electrons. The first-order valence-electron chi connectivity index (χ1n) is 5.18. The number of halogens is 1. The molecule has 0 aliphatic rings. The fourth-order valence-electron chi connectivity index (χ4n) is 1.37. The Hall–Kier alpha value is -2.22. The van der Waals surface area contributed by atoms with Gasteiger partial charge in [0.15, 0.2) is 0 Å². The summed E-state index contributed by atoms with van der Waals surface area (Å²) in [6.07, 6.45) is 1.24. The van der Waals surface area contributed by atoms with E-state index in [9.17, 15) is 10.1 Å². The predicted molar refractivity (Wildman–Crippen MR) is 72.1 cm³/mol. The maximum Gasteiger partial charge on any atom is 0.312 e. The lowest BCUT2D eigenvalue weighted by molar-refractivity contribution is -0.385. The van der Waals surface area contributed by atoms with Crippen molar-refractivity contribution in [2.24, 2.45) is 0 Å². The number of hydrogen-bond donors (Lipinski definition) is 1. The number of benzene rings is 1. The molecule has 0 radical (unpaired) electrons. The molecule has 0 amide bonds. The lowest BCUT2D eigenvalue weighted by Gasteiger charge is -2.08. The highest BCUT2D eigenvalue weighted by Gasteiger charge is 2.18. The van der Waals surface area contributed by atoms with Crippen LogP contribution in [0.5, 0.6) is 11.6 Å². The first kappa shape index (κ1) is 13.2. The maximum absolute atomic E-state index is 11.0. The summed E-state index contributed by atoms with van der Waals surface area (Å²) in [6, 6.07) is 4.48. The van der Waals surface area contributed by atoms with Crippen LogP contribution in [0.25, 0.3) is 0 Å². The van der Waals surface area contributed by atoms with Gasteiger partial charge in [0.2, 0.25) is 11.6 Å². The standard InChI is InChI=1S/C11H9BrN4O3/c1-6-10(13)14-5-15-11(6)19-9-3-2-7(12)4-8(9)16(17)18/h2-5H,1H3,(H2,13,14,15). The summed E-state index contributed by atoms with van der Waals surface area (Å²) in [5.41, 5.74) is 5.99. The van der Waals surface area contributed by atoms with E-state index in [0.29, 0.717) is 10.0 Å². The van der Waals surface area contributed by atoms with Gasteiger partial charge >= 0.3 is 5.69 Å². The van der Waals surface area contributed by atoms with Crippen molar-refractivity contribution >= 4 is 27.4 Å². The van der Waals surface area contributed by atoms with E-state index in [1.165, 1.54) is 18.5 Å². The average Bonchev–Trinajstić information content (AvgIpc) is 2.36. The van der Waals surface area contributed by atoms with Crippen molar-refractivity contribution < 1.29 is 9.66 Å². The van der Waals surface area contributed by atoms with Crippen LogP contribution in [0.15, 0.2) is 29.0 Å². The van der Waals surface area contributed by atoms with E-state index in [1.54, 1.807) is 13.0 Å². The fourth-order valence-corrected chi connectivity index (χ4v) is 1.72. The lowest BCUT2D eigenvalue weighted by atomic mass is 10.3. The Morgan fingerprint density at radius 3 is 2.84 bits per heavy atom. The summed E-state index contributed by atoms with van der Waals surface area (Å²) >= 11 is 3.17. The predicted octanol–water partition coefficient (Wildman–Crippen LogP) is 2.83. The van der Waals surface area contributed by atoms with Crippen molar-refractivity contribution in [1.29, 1.82) is 0 Å². The van der Waals surface area contributed by atoms with E-state index < -0.39 is 4.92 Å². The van der Waals surface area contributed by atoms with E-state index in [-0.39, 0.29) is 23.1 Å². The van der Waals surface area contributed by atoms with Crippen molar-refractivity contribution in [2.45, 2.75) is 6.92 Å². The highest BCUT2D eigenvalue weighted by Crippen LogP contribution is 2.34. The van der Waals surface area contributed by atoms with Gasteiger partial charge in [-0.05, 0) is 19.1 Å². The zero-order valence-corrected chi connectivity index (χ0v) is 11.4. The number of nitrogen functional groups attached to an aromatic ring is 1. The van der Waals surface area contributed by atoms with Gasteiger partial charge < -0.3 is 10.5 Å². The fraction of sp³-hybridized carbons (Fsp3) is 0.0909. The van der Waals surface area contributed by atoms with E-state index in [1.807, 2.05) is 0 Å². The second-order valence-electron chi connectivity index (χ2n) is 3.66. The quantitative estimate of drug-likeness (QED) is 0.687. The van der Waals surface area contributed by atoms with Crippen LogP contribution in [0, 0.1) is 17.0 Å². The molecule has 0 saturated carbocycles. The minimum atomic E-state index is -0.528. The minimum Gasteiger partial charge on any atom is -0.431 e. The number of anilines is 1. The summed E-state index contributed by atoms with van der Waals surface area (Å²) in [4.78, 5) is 18.1. The van der Waals surface area contributed by atoms with Crippen LogP contribution in [0.3, 0.4) is 0 Å². The smallest absolute Gasteiger partial charge is 0.312 e. The first-order chi connectivity index (χ1) is 8.99. The molecular formula is C11H9BrN4O3. The molecular weight excluding hydrogens is 316 g/mol. The summed E-state index contributed by atoms with van der Waals surface area (Å²) in [5, 5.41) is 11.0. The number of nitro benzene ring substituents is 1. The molecule has 2 aromatic rings. The Morgan fingerprint density at radius 1 is 1.42 bits per heavy atom. The van der Waals surface area contributed by atoms with Crippen LogP contribution in [0.4, 0.5) is 11.5 Å². The van der Waals surface area contributed by atoms with Gasteiger partial charge in [0.05, 0.1) is 10.5 Å². The molecule has 1 aromatic carbocycles. The highest BCUT2D eigenvalue weighted by molar-refractivity contribution is 9.10. The third-order valence-corrected chi connectivity index (χ3v) is 2.89. The molecule has 7 nitrogen and oxygen atoms in total. The van der Waals surface area contributed by atoms with Crippen molar-refractivity contribution in [1.82, 2.24) is 9.97 Å². The highest BCUT2D eigenvalue weighted by atomic mass is 79.9. The number of aromatic nitrogens is 2. The van der Waals surface area contributed by atoms with E-state index in [2.05, 4.69) is 25.9 Å². The summed E-state index contributed by atoms with van der Waals surface area (Å²) in [7, 11) is 0. The third-order valence-electron chi connectivity index (χ3n) is 2.40. The molecule has 8 heteroatoms. The van der Waals surface area contributed by atoms with Gasteiger partial charge in [-0.1, -0.05) is 15.9 Å². The third kappa shape index (κ3) is 2.79. The zero-order valence-electron chi connectivity index (χ0n) is 9.83. The van der Waals surface area contributed by atoms with Crippen LogP contribution in [-0.4, -0.2) is 14.9 Å². The molecule has 19 heavy (non-hydrogen) atoms. The number of rotatable bonds is 3. The minimum absolute atomic E-state index is 0.0920. The van der Waals surface area contributed by atoms with Gasteiger partial charge in [0, 0.05) is 10.5 Å². The molecule has 0 bridgehead atoms. The maximum atomic E-state index is 11.0. The zero-order chi connectivity index (χ0) is 14.0. The Morgan fingerprint density at radius 2 is 2.16 bits per heavy atom. The Labute approximate surface area is 116 Å². The van der Waals surface area contributed by atoms with Crippen LogP contribution in [0.2, 0.25) is 0 Å². The van der Waals surface area contributed by atoms with Gasteiger partial charge in [-0.3, -0.25) is 10.1 Å².